The number of carboxylic acids is 1. The van der Waals surface area contributed by atoms with Crippen LogP contribution in [0.2, 0.25) is 0 Å². The lowest BCUT2D eigenvalue weighted by molar-refractivity contribution is -0.148. The van der Waals surface area contributed by atoms with Crippen LogP contribution in [0.5, 0.6) is 0 Å². The van der Waals surface area contributed by atoms with Crippen LogP contribution < -0.4 is 5.32 Å². The molecular formula is C13H21NO5. The summed E-state index contributed by atoms with van der Waals surface area (Å²) in [6, 6.07) is 0. The Morgan fingerprint density at radius 3 is 2.74 bits per heavy atom. The highest BCUT2D eigenvalue weighted by Gasteiger charge is 2.44. The van der Waals surface area contributed by atoms with E-state index in [-0.39, 0.29) is 18.6 Å². The molecule has 1 amide bonds. The maximum atomic E-state index is 11.9. The quantitative estimate of drug-likeness (QED) is 0.737. The van der Waals surface area contributed by atoms with Crippen molar-refractivity contribution in [1.29, 1.82) is 0 Å². The normalized spacial score (nSPS) is 33.7. The number of aliphatic carboxylic acids is 1. The third-order valence-electron chi connectivity index (χ3n) is 3.88. The first-order valence-electron chi connectivity index (χ1n) is 6.79. The highest BCUT2D eigenvalue weighted by Crippen LogP contribution is 2.33. The van der Waals surface area contributed by atoms with Crippen molar-refractivity contribution in [3.8, 4) is 0 Å². The summed E-state index contributed by atoms with van der Waals surface area (Å²) in [5.41, 5.74) is -1.22. The molecule has 1 atom stereocenters. The van der Waals surface area contributed by atoms with E-state index in [4.69, 9.17) is 9.47 Å². The smallest absolute Gasteiger partial charge is 0.331 e. The zero-order chi connectivity index (χ0) is 13.9. The van der Waals surface area contributed by atoms with Gasteiger partial charge in [0.1, 0.15) is 0 Å². The molecule has 2 rings (SSSR count). The predicted molar refractivity (Wildman–Crippen MR) is 66.7 cm³/mol. The largest absolute Gasteiger partial charge is 0.479 e. The Morgan fingerprint density at radius 1 is 1.47 bits per heavy atom. The molecule has 0 bridgehead atoms. The van der Waals surface area contributed by atoms with Crippen molar-refractivity contribution < 1.29 is 24.2 Å². The average Bonchev–Trinajstić information content (AvgIpc) is 2.76. The molecule has 0 aromatic rings. The van der Waals surface area contributed by atoms with Crippen LogP contribution in [-0.2, 0) is 19.1 Å². The van der Waals surface area contributed by atoms with Gasteiger partial charge in [0.25, 0.3) is 0 Å². The topological polar surface area (TPSA) is 84.9 Å². The molecule has 2 aliphatic rings. The predicted octanol–water partition coefficient (Wildman–Crippen LogP) is 0.551. The molecule has 108 valence electrons. The van der Waals surface area contributed by atoms with Crippen molar-refractivity contribution in [2.24, 2.45) is 5.92 Å². The van der Waals surface area contributed by atoms with Gasteiger partial charge in [-0.1, -0.05) is 0 Å². The van der Waals surface area contributed by atoms with Crippen LogP contribution in [-0.4, -0.2) is 48.4 Å². The lowest BCUT2D eigenvalue weighted by Gasteiger charge is -2.35. The second-order valence-corrected chi connectivity index (χ2v) is 5.36. The molecule has 2 N–H and O–H groups in total. The SMILES string of the molecule is CCOC1CC(CC(=O)NC2(C(=O)O)CCOC2)C1. The van der Waals surface area contributed by atoms with Gasteiger partial charge in [-0.2, -0.15) is 0 Å². The number of amides is 1. The molecule has 6 nitrogen and oxygen atoms in total. The zero-order valence-corrected chi connectivity index (χ0v) is 11.2. The van der Waals surface area contributed by atoms with E-state index in [0.29, 0.717) is 32.0 Å². The molecule has 0 aromatic carbocycles. The summed E-state index contributed by atoms with van der Waals surface area (Å²) in [7, 11) is 0. The molecule has 1 heterocycles. The fourth-order valence-corrected chi connectivity index (χ4v) is 2.68. The highest BCUT2D eigenvalue weighted by molar-refractivity contribution is 5.87. The monoisotopic (exact) mass is 271 g/mol. The number of carbonyl (C=O) groups is 2. The minimum atomic E-state index is -1.22. The lowest BCUT2D eigenvalue weighted by atomic mass is 9.79. The molecule has 1 saturated heterocycles. The van der Waals surface area contributed by atoms with Crippen LogP contribution in [0.15, 0.2) is 0 Å². The van der Waals surface area contributed by atoms with Gasteiger partial charge in [0.05, 0.1) is 12.7 Å². The van der Waals surface area contributed by atoms with E-state index in [0.717, 1.165) is 12.8 Å². The van der Waals surface area contributed by atoms with E-state index in [2.05, 4.69) is 5.32 Å². The Balaban J connectivity index is 1.77. The molecule has 0 radical (unpaired) electrons. The summed E-state index contributed by atoms with van der Waals surface area (Å²) in [5.74, 6) is -0.906. The number of ether oxygens (including phenoxy) is 2. The van der Waals surface area contributed by atoms with Crippen molar-refractivity contribution >= 4 is 11.9 Å². The fraction of sp³-hybridized carbons (Fsp3) is 0.846. The lowest BCUT2D eigenvalue weighted by Crippen LogP contribution is -2.55. The first-order valence-corrected chi connectivity index (χ1v) is 6.79. The van der Waals surface area contributed by atoms with Crippen molar-refractivity contribution in [3.63, 3.8) is 0 Å². The van der Waals surface area contributed by atoms with E-state index < -0.39 is 11.5 Å². The Kier molecular flexibility index (Phi) is 4.42. The fourth-order valence-electron chi connectivity index (χ4n) is 2.68. The van der Waals surface area contributed by atoms with Crippen LogP contribution in [0.4, 0.5) is 0 Å². The second-order valence-electron chi connectivity index (χ2n) is 5.36. The molecule has 1 saturated carbocycles. The summed E-state index contributed by atoms with van der Waals surface area (Å²) >= 11 is 0. The van der Waals surface area contributed by atoms with E-state index in [1.807, 2.05) is 6.92 Å². The number of nitrogens with one attached hydrogen (secondary N) is 1. The molecule has 1 unspecified atom stereocenters. The maximum absolute atomic E-state index is 11.9. The average molecular weight is 271 g/mol. The third-order valence-corrected chi connectivity index (χ3v) is 3.88. The van der Waals surface area contributed by atoms with Gasteiger partial charge in [0.2, 0.25) is 5.91 Å². The highest BCUT2D eigenvalue weighted by atomic mass is 16.5. The Labute approximate surface area is 112 Å². The van der Waals surface area contributed by atoms with Gasteiger partial charge in [-0.15, -0.1) is 0 Å². The van der Waals surface area contributed by atoms with E-state index >= 15 is 0 Å². The summed E-state index contributed by atoms with van der Waals surface area (Å²) in [4.78, 5) is 23.2. The van der Waals surface area contributed by atoms with Crippen molar-refractivity contribution in [3.05, 3.63) is 0 Å². The number of carboxylic acid groups (broad SMARTS) is 1. The minimum Gasteiger partial charge on any atom is -0.479 e. The number of hydrogen-bond donors (Lipinski definition) is 2. The molecule has 1 aliphatic carbocycles. The van der Waals surface area contributed by atoms with Gasteiger partial charge in [0.15, 0.2) is 5.54 Å². The summed E-state index contributed by atoms with van der Waals surface area (Å²) < 4.78 is 10.5. The number of hydrogen-bond acceptors (Lipinski definition) is 4. The Hall–Kier alpha value is -1.14. The first-order chi connectivity index (χ1) is 9.05. The van der Waals surface area contributed by atoms with Crippen molar-refractivity contribution in [1.82, 2.24) is 5.32 Å². The van der Waals surface area contributed by atoms with E-state index in [1.165, 1.54) is 0 Å². The van der Waals surface area contributed by atoms with Crippen LogP contribution in [0.25, 0.3) is 0 Å². The molecule has 0 spiro atoms. The molecule has 2 fully saturated rings. The van der Waals surface area contributed by atoms with Crippen LogP contribution in [0, 0.1) is 5.92 Å². The van der Waals surface area contributed by atoms with E-state index in [1.54, 1.807) is 0 Å². The molecule has 6 heteroatoms. The van der Waals surface area contributed by atoms with Crippen molar-refractivity contribution in [2.75, 3.05) is 19.8 Å². The summed E-state index contributed by atoms with van der Waals surface area (Å²) in [5, 5.41) is 11.8. The van der Waals surface area contributed by atoms with Crippen LogP contribution >= 0.6 is 0 Å². The summed E-state index contributed by atoms with van der Waals surface area (Å²) in [6.45, 7) is 3.09. The Bertz CT molecular complexity index is 345. The standard InChI is InChI=1S/C13H21NO5/c1-2-19-10-5-9(6-10)7-11(15)14-13(12(16)17)3-4-18-8-13/h9-10H,2-8H2,1H3,(H,14,15)(H,16,17). The van der Waals surface area contributed by atoms with Crippen molar-refractivity contribution in [2.45, 2.75) is 44.2 Å². The molecule has 19 heavy (non-hydrogen) atoms. The first kappa shape index (κ1) is 14.3. The Morgan fingerprint density at radius 2 is 2.21 bits per heavy atom. The maximum Gasteiger partial charge on any atom is 0.331 e. The molecular weight excluding hydrogens is 250 g/mol. The minimum absolute atomic E-state index is 0.0559. The second kappa shape index (κ2) is 5.88. The molecule has 1 aliphatic heterocycles. The van der Waals surface area contributed by atoms with Gasteiger partial charge in [-0.05, 0) is 25.7 Å². The molecule has 0 aromatic heterocycles. The number of carbonyl (C=O) groups excluding carboxylic acids is 1. The number of rotatable bonds is 6. The van der Waals surface area contributed by atoms with Gasteiger partial charge in [-0.25, -0.2) is 4.79 Å². The van der Waals surface area contributed by atoms with Crippen LogP contribution in [0.1, 0.15) is 32.6 Å². The van der Waals surface area contributed by atoms with Gasteiger partial charge in [-0.3, -0.25) is 4.79 Å². The van der Waals surface area contributed by atoms with E-state index in [9.17, 15) is 14.7 Å². The summed E-state index contributed by atoms with van der Waals surface area (Å²) in [6.07, 6.45) is 2.75. The zero-order valence-electron chi connectivity index (χ0n) is 11.2. The third kappa shape index (κ3) is 3.25. The van der Waals surface area contributed by atoms with Gasteiger partial charge < -0.3 is 19.9 Å². The van der Waals surface area contributed by atoms with Gasteiger partial charge >= 0.3 is 5.97 Å². The van der Waals surface area contributed by atoms with Gasteiger partial charge in [0, 0.05) is 26.1 Å². The van der Waals surface area contributed by atoms with Crippen LogP contribution in [0.3, 0.4) is 0 Å².